The molecule has 2 amide bonds. The first-order valence-corrected chi connectivity index (χ1v) is 7.28. The Kier molecular flexibility index (Phi) is 5.01. The van der Waals surface area contributed by atoms with E-state index in [9.17, 15) is 9.59 Å². The van der Waals surface area contributed by atoms with Gasteiger partial charge in [0.15, 0.2) is 6.61 Å². The predicted molar refractivity (Wildman–Crippen MR) is 89.2 cm³/mol. The number of hydrogen-bond acceptors (Lipinski definition) is 3. The van der Waals surface area contributed by atoms with E-state index in [0.29, 0.717) is 11.4 Å². The fourth-order valence-electron chi connectivity index (χ4n) is 2.06. The number of nitrogens with one attached hydrogen (secondary N) is 1. The van der Waals surface area contributed by atoms with E-state index in [4.69, 9.17) is 10.5 Å². The van der Waals surface area contributed by atoms with Gasteiger partial charge in [-0.25, -0.2) is 0 Å². The van der Waals surface area contributed by atoms with Crippen molar-refractivity contribution >= 4 is 17.5 Å². The van der Waals surface area contributed by atoms with Crippen molar-refractivity contribution in [1.29, 1.82) is 0 Å². The molecule has 5 nitrogen and oxygen atoms in total. The molecule has 0 unspecified atom stereocenters. The molecule has 5 heteroatoms. The van der Waals surface area contributed by atoms with E-state index in [-0.39, 0.29) is 12.5 Å². The molecule has 0 aliphatic heterocycles. The molecule has 3 N–H and O–H groups in total. The summed E-state index contributed by atoms with van der Waals surface area (Å²) < 4.78 is 5.18. The zero-order valence-corrected chi connectivity index (χ0v) is 13.2. The SMILES string of the molecule is CC(C)(C(=O)Nc1ccc(OCC(N)=O)cc1)c1ccccc1. The van der Waals surface area contributed by atoms with Gasteiger partial charge in [0.25, 0.3) is 5.91 Å². The topological polar surface area (TPSA) is 81.4 Å². The largest absolute Gasteiger partial charge is 0.484 e. The second-order valence-corrected chi connectivity index (χ2v) is 5.72. The molecule has 2 aromatic rings. The van der Waals surface area contributed by atoms with Crippen LogP contribution in [0.5, 0.6) is 5.75 Å². The predicted octanol–water partition coefficient (Wildman–Crippen LogP) is 2.47. The van der Waals surface area contributed by atoms with E-state index in [2.05, 4.69) is 5.32 Å². The van der Waals surface area contributed by atoms with Crippen LogP contribution in [0, 0.1) is 0 Å². The van der Waals surface area contributed by atoms with Crippen LogP contribution in [-0.2, 0) is 15.0 Å². The summed E-state index contributed by atoms with van der Waals surface area (Å²) in [5, 5.41) is 2.89. The van der Waals surface area contributed by atoms with E-state index in [0.717, 1.165) is 5.56 Å². The van der Waals surface area contributed by atoms with Gasteiger partial charge >= 0.3 is 0 Å². The van der Waals surface area contributed by atoms with Gasteiger partial charge in [-0.3, -0.25) is 9.59 Å². The summed E-state index contributed by atoms with van der Waals surface area (Å²) in [6, 6.07) is 16.4. The molecule has 0 heterocycles. The van der Waals surface area contributed by atoms with Crippen LogP contribution in [0.25, 0.3) is 0 Å². The third-order valence-corrected chi connectivity index (χ3v) is 3.56. The number of rotatable bonds is 6. The van der Waals surface area contributed by atoms with Crippen molar-refractivity contribution in [2.45, 2.75) is 19.3 Å². The molecule has 0 saturated heterocycles. The molecule has 0 saturated carbocycles. The fourth-order valence-corrected chi connectivity index (χ4v) is 2.06. The summed E-state index contributed by atoms with van der Waals surface area (Å²) in [5.74, 6) is -0.120. The van der Waals surface area contributed by atoms with Gasteiger partial charge in [-0.15, -0.1) is 0 Å². The smallest absolute Gasteiger partial charge is 0.255 e. The maximum absolute atomic E-state index is 12.5. The number of ether oxygens (including phenoxy) is 1. The highest BCUT2D eigenvalue weighted by molar-refractivity contribution is 5.98. The minimum atomic E-state index is -0.650. The van der Waals surface area contributed by atoms with Crippen LogP contribution >= 0.6 is 0 Å². The van der Waals surface area contributed by atoms with Gasteiger partial charge < -0.3 is 15.8 Å². The molecular weight excluding hydrogens is 292 g/mol. The monoisotopic (exact) mass is 312 g/mol. The van der Waals surface area contributed by atoms with Crippen LogP contribution < -0.4 is 15.8 Å². The van der Waals surface area contributed by atoms with Crippen LogP contribution in [0.4, 0.5) is 5.69 Å². The molecule has 0 fully saturated rings. The zero-order chi connectivity index (χ0) is 16.9. The molecular formula is C18H20N2O3. The second-order valence-electron chi connectivity index (χ2n) is 5.72. The lowest BCUT2D eigenvalue weighted by molar-refractivity contribution is -0.121. The van der Waals surface area contributed by atoms with E-state index < -0.39 is 11.3 Å². The quantitative estimate of drug-likeness (QED) is 0.859. The molecule has 0 aromatic heterocycles. The van der Waals surface area contributed by atoms with Crippen molar-refractivity contribution < 1.29 is 14.3 Å². The van der Waals surface area contributed by atoms with E-state index >= 15 is 0 Å². The minimum absolute atomic E-state index is 0.102. The highest BCUT2D eigenvalue weighted by atomic mass is 16.5. The molecule has 120 valence electrons. The van der Waals surface area contributed by atoms with Crippen LogP contribution in [0.2, 0.25) is 0 Å². The van der Waals surface area contributed by atoms with Crippen molar-refractivity contribution in [2.75, 3.05) is 11.9 Å². The molecule has 0 radical (unpaired) electrons. The highest BCUT2D eigenvalue weighted by Crippen LogP contribution is 2.25. The third kappa shape index (κ3) is 4.32. The van der Waals surface area contributed by atoms with E-state index in [1.54, 1.807) is 24.3 Å². The Morgan fingerprint density at radius 3 is 2.22 bits per heavy atom. The fraction of sp³-hybridized carbons (Fsp3) is 0.222. The second kappa shape index (κ2) is 6.96. The summed E-state index contributed by atoms with van der Waals surface area (Å²) in [5.41, 5.74) is 5.97. The highest BCUT2D eigenvalue weighted by Gasteiger charge is 2.29. The number of hydrogen-bond donors (Lipinski definition) is 2. The molecule has 0 spiro atoms. The third-order valence-electron chi connectivity index (χ3n) is 3.56. The van der Waals surface area contributed by atoms with Crippen molar-refractivity contribution in [1.82, 2.24) is 0 Å². The molecule has 0 aliphatic rings. The Balaban J connectivity index is 2.04. The standard InChI is InChI=1S/C18H20N2O3/c1-18(2,13-6-4-3-5-7-13)17(22)20-14-8-10-15(11-9-14)23-12-16(19)21/h3-11H,12H2,1-2H3,(H2,19,21)(H,20,22). The first kappa shape index (κ1) is 16.5. The lowest BCUT2D eigenvalue weighted by Crippen LogP contribution is -2.34. The number of nitrogens with two attached hydrogens (primary N) is 1. The number of amides is 2. The number of carbonyl (C=O) groups is 2. The van der Waals surface area contributed by atoms with Crippen molar-refractivity contribution in [3.63, 3.8) is 0 Å². The van der Waals surface area contributed by atoms with Crippen molar-refractivity contribution in [3.8, 4) is 5.75 Å². The number of anilines is 1. The van der Waals surface area contributed by atoms with Crippen molar-refractivity contribution in [3.05, 3.63) is 60.2 Å². The van der Waals surface area contributed by atoms with Crippen molar-refractivity contribution in [2.24, 2.45) is 5.73 Å². The van der Waals surface area contributed by atoms with Gasteiger partial charge in [0, 0.05) is 5.69 Å². The van der Waals surface area contributed by atoms with E-state index in [1.807, 2.05) is 44.2 Å². The zero-order valence-electron chi connectivity index (χ0n) is 13.2. The summed E-state index contributed by atoms with van der Waals surface area (Å²) >= 11 is 0. The maximum Gasteiger partial charge on any atom is 0.255 e. The molecule has 2 aromatic carbocycles. The normalized spacial score (nSPS) is 10.9. The van der Waals surface area contributed by atoms with E-state index in [1.165, 1.54) is 0 Å². The Bertz CT molecular complexity index is 679. The van der Waals surface area contributed by atoms with Gasteiger partial charge in [-0.1, -0.05) is 30.3 Å². The summed E-state index contributed by atoms with van der Waals surface area (Å²) in [6.07, 6.45) is 0. The lowest BCUT2D eigenvalue weighted by Gasteiger charge is -2.24. The molecule has 0 bridgehead atoms. The number of primary amides is 1. The van der Waals surface area contributed by atoms with Crippen LogP contribution in [0.15, 0.2) is 54.6 Å². The summed E-state index contributed by atoms with van der Waals surface area (Å²) in [7, 11) is 0. The van der Waals surface area contributed by atoms with Gasteiger partial charge in [-0.05, 0) is 43.7 Å². The first-order chi connectivity index (χ1) is 10.9. The molecule has 0 atom stereocenters. The number of benzene rings is 2. The van der Waals surface area contributed by atoms with Gasteiger partial charge in [-0.2, -0.15) is 0 Å². The molecule has 23 heavy (non-hydrogen) atoms. The first-order valence-electron chi connectivity index (χ1n) is 7.28. The Labute approximate surface area is 135 Å². The van der Waals surface area contributed by atoms with Gasteiger partial charge in [0.05, 0.1) is 5.41 Å². The van der Waals surface area contributed by atoms with Gasteiger partial charge in [0.1, 0.15) is 5.75 Å². The average Bonchev–Trinajstić information content (AvgIpc) is 2.55. The Morgan fingerprint density at radius 1 is 1.04 bits per heavy atom. The summed E-state index contributed by atoms with van der Waals surface area (Å²) in [4.78, 5) is 23.2. The average molecular weight is 312 g/mol. The molecule has 2 rings (SSSR count). The Morgan fingerprint density at radius 2 is 1.65 bits per heavy atom. The van der Waals surface area contributed by atoms with Crippen LogP contribution in [-0.4, -0.2) is 18.4 Å². The Hall–Kier alpha value is -2.82. The van der Waals surface area contributed by atoms with Gasteiger partial charge in [0.2, 0.25) is 5.91 Å². The molecule has 0 aliphatic carbocycles. The van der Waals surface area contributed by atoms with Crippen LogP contribution in [0.3, 0.4) is 0 Å². The minimum Gasteiger partial charge on any atom is -0.484 e. The van der Waals surface area contributed by atoms with Crippen LogP contribution in [0.1, 0.15) is 19.4 Å². The number of carbonyl (C=O) groups excluding carboxylic acids is 2. The lowest BCUT2D eigenvalue weighted by atomic mass is 9.83. The summed E-state index contributed by atoms with van der Waals surface area (Å²) in [6.45, 7) is 3.58. The maximum atomic E-state index is 12.5.